The van der Waals surface area contributed by atoms with E-state index >= 15 is 0 Å². The highest BCUT2D eigenvalue weighted by atomic mass is 32.2. The molecule has 0 aliphatic carbocycles. The third kappa shape index (κ3) is 5.38. The van der Waals surface area contributed by atoms with Crippen molar-refractivity contribution in [3.05, 3.63) is 36.8 Å². The van der Waals surface area contributed by atoms with Crippen LogP contribution in [0.4, 0.5) is 18.0 Å². The minimum atomic E-state index is -4.57. The first-order valence-corrected chi connectivity index (χ1v) is 12.0. The van der Waals surface area contributed by atoms with Gasteiger partial charge in [0.25, 0.3) is 0 Å². The lowest BCUT2D eigenvalue weighted by atomic mass is 10.1. The fourth-order valence-corrected chi connectivity index (χ4v) is 4.21. The summed E-state index contributed by atoms with van der Waals surface area (Å²) in [5, 5.41) is 4.91. The number of alkyl halides is 3. The third-order valence-corrected chi connectivity index (χ3v) is 6.38. The lowest BCUT2D eigenvalue weighted by Crippen LogP contribution is -2.40. The SMILES string of the molecule is CS(=O)(=O)c1ccc(Oc2ncnc3c2cnn3C2CCN(C(=O)OCC(F)(F)F)CC2)cc1. The number of nitrogens with zero attached hydrogens (tertiary/aromatic N) is 5. The van der Waals surface area contributed by atoms with Crippen LogP contribution >= 0.6 is 0 Å². The molecule has 0 unspecified atom stereocenters. The molecule has 0 radical (unpaired) electrons. The van der Waals surface area contributed by atoms with E-state index in [4.69, 9.17) is 4.74 Å². The van der Waals surface area contributed by atoms with Crippen molar-refractivity contribution in [1.29, 1.82) is 0 Å². The van der Waals surface area contributed by atoms with Crippen LogP contribution < -0.4 is 4.74 Å². The van der Waals surface area contributed by atoms with Gasteiger partial charge in [0, 0.05) is 19.3 Å². The van der Waals surface area contributed by atoms with Crippen molar-refractivity contribution in [2.45, 2.75) is 30.0 Å². The first kappa shape index (κ1) is 23.7. The van der Waals surface area contributed by atoms with Gasteiger partial charge in [-0.3, -0.25) is 0 Å². The zero-order valence-electron chi connectivity index (χ0n) is 17.9. The third-order valence-electron chi connectivity index (χ3n) is 5.25. The Bertz CT molecular complexity index is 1290. The molecule has 14 heteroatoms. The van der Waals surface area contributed by atoms with Crippen LogP contribution in [0.2, 0.25) is 0 Å². The summed E-state index contributed by atoms with van der Waals surface area (Å²) in [5.41, 5.74) is 0.496. The molecule has 10 nitrogen and oxygen atoms in total. The smallest absolute Gasteiger partial charge is 0.422 e. The van der Waals surface area contributed by atoms with Crippen molar-refractivity contribution in [2.24, 2.45) is 0 Å². The minimum Gasteiger partial charge on any atom is -0.440 e. The number of hydrogen-bond donors (Lipinski definition) is 0. The molecular formula is C20H20F3N5O5S. The lowest BCUT2D eigenvalue weighted by Gasteiger charge is -2.31. The predicted octanol–water partition coefficient (Wildman–Crippen LogP) is 3.36. The first-order chi connectivity index (χ1) is 16.0. The van der Waals surface area contributed by atoms with Gasteiger partial charge in [0.05, 0.1) is 17.1 Å². The van der Waals surface area contributed by atoms with Crippen molar-refractivity contribution < 1.29 is 35.9 Å². The van der Waals surface area contributed by atoms with Gasteiger partial charge in [0.1, 0.15) is 17.5 Å². The van der Waals surface area contributed by atoms with Gasteiger partial charge in [-0.2, -0.15) is 18.3 Å². The Morgan fingerprint density at radius 1 is 1.15 bits per heavy atom. The molecule has 0 spiro atoms. The van der Waals surface area contributed by atoms with Gasteiger partial charge in [-0.05, 0) is 37.1 Å². The van der Waals surface area contributed by atoms with E-state index in [-0.39, 0.29) is 29.9 Å². The van der Waals surface area contributed by atoms with Crippen LogP contribution in [0.3, 0.4) is 0 Å². The van der Waals surface area contributed by atoms with Crippen LogP contribution in [0.5, 0.6) is 11.6 Å². The van der Waals surface area contributed by atoms with E-state index in [1.54, 1.807) is 10.9 Å². The molecule has 1 aliphatic heterocycles. The molecule has 1 aromatic carbocycles. The highest BCUT2D eigenvalue weighted by Gasteiger charge is 2.32. The molecule has 2 aromatic heterocycles. The average molecular weight is 499 g/mol. The number of piperidine rings is 1. The molecule has 0 saturated carbocycles. The number of aromatic nitrogens is 4. The molecule has 3 aromatic rings. The minimum absolute atomic E-state index is 0.138. The molecule has 1 saturated heterocycles. The second-order valence-electron chi connectivity index (χ2n) is 7.74. The lowest BCUT2D eigenvalue weighted by molar-refractivity contribution is -0.162. The first-order valence-electron chi connectivity index (χ1n) is 10.2. The molecule has 34 heavy (non-hydrogen) atoms. The zero-order valence-corrected chi connectivity index (χ0v) is 18.7. The van der Waals surface area contributed by atoms with Gasteiger partial charge in [0.15, 0.2) is 22.1 Å². The van der Waals surface area contributed by atoms with Gasteiger partial charge < -0.3 is 14.4 Å². The Hall–Kier alpha value is -3.42. The number of ether oxygens (including phenoxy) is 2. The molecular weight excluding hydrogens is 479 g/mol. The summed E-state index contributed by atoms with van der Waals surface area (Å²) in [6, 6.07) is 5.76. The average Bonchev–Trinajstić information content (AvgIpc) is 3.22. The molecule has 3 heterocycles. The summed E-state index contributed by atoms with van der Waals surface area (Å²) in [6.07, 6.45) is -0.709. The van der Waals surface area contributed by atoms with Crippen LogP contribution in [0.1, 0.15) is 18.9 Å². The topological polar surface area (TPSA) is 117 Å². The number of fused-ring (bicyclic) bond motifs is 1. The van der Waals surface area contributed by atoms with E-state index in [2.05, 4.69) is 19.8 Å². The summed E-state index contributed by atoms with van der Waals surface area (Å²) in [6.45, 7) is -1.19. The highest BCUT2D eigenvalue weighted by molar-refractivity contribution is 7.90. The van der Waals surface area contributed by atoms with Crippen molar-refractivity contribution in [3.8, 4) is 11.6 Å². The fraction of sp³-hybridized carbons (Fsp3) is 0.400. The maximum atomic E-state index is 12.3. The number of sulfone groups is 1. The Balaban J connectivity index is 1.45. The second kappa shape index (κ2) is 9.08. The maximum Gasteiger partial charge on any atom is 0.422 e. The molecule has 1 fully saturated rings. The van der Waals surface area contributed by atoms with E-state index in [1.807, 2.05) is 0 Å². The van der Waals surface area contributed by atoms with E-state index in [0.717, 1.165) is 6.26 Å². The van der Waals surface area contributed by atoms with Gasteiger partial charge in [-0.15, -0.1) is 0 Å². The number of halogens is 3. The zero-order chi connectivity index (χ0) is 24.5. The van der Waals surface area contributed by atoms with Crippen molar-refractivity contribution in [2.75, 3.05) is 26.0 Å². The maximum absolute atomic E-state index is 12.3. The van der Waals surface area contributed by atoms with Crippen molar-refractivity contribution in [3.63, 3.8) is 0 Å². The van der Waals surface area contributed by atoms with Gasteiger partial charge in [-0.1, -0.05) is 0 Å². The highest BCUT2D eigenvalue weighted by Crippen LogP contribution is 2.31. The van der Waals surface area contributed by atoms with E-state index < -0.39 is 28.7 Å². The molecule has 182 valence electrons. The molecule has 0 N–H and O–H groups in total. The Morgan fingerprint density at radius 2 is 1.82 bits per heavy atom. The second-order valence-corrected chi connectivity index (χ2v) is 9.75. The van der Waals surface area contributed by atoms with Crippen LogP contribution in [0.15, 0.2) is 41.7 Å². The fourth-order valence-electron chi connectivity index (χ4n) is 3.58. The number of benzene rings is 1. The number of rotatable bonds is 5. The van der Waals surface area contributed by atoms with Gasteiger partial charge in [-0.25, -0.2) is 27.9 Å². The largest absolute Gasteiger partial charge is 0.440 e. The number of amides is 1. The number of carbonyl (C=O) groups excluding carboxylic acids is 1. The van der Waals surface area contributed by atoms with E-state index in [9.17, 15) is 26.4 Å². The standard InChI is InChI=1S/C20H20F3N5O5S/c1-34(30,31)15-4-2-14(3-5-15)33-18-16-10-26-28(17(16)24-12-25-18)13-6-8-27(9-7-13)19(29)32-11-20(21,22)23/h2-5,10,12-13H,6-9,11H2,1H3. The summed E-state index contributed by atoms with van der Waals surface area (Å²) >= 11 is 0. The van der Waals surface area contributed by atoms with E-state index in [1.165, 1.54) is 35.5 Å². The van der Waals surface area contributed by atoms with Crippen LogP contribution in [-0.2, 0) is 14.6 Å². The molecule has 4 rings (SSSR count). The van der Waals surface area contributed by atoms with Crippen LogP contribution in [0, 0.1) is 0 Å². The summed E-state index contributed by atoms with van der Waals surface area (Å²) in [7, 11) is -3.33. The summed E-state index contributed by atoms with van der Waals surface area (Å²) in [4.78, 5) is 21.7. The quantitative estimate of drug-likeness (QED) is 0.525. The van der Waals surface area contributed by atoms with Gasteiger partial charge in [0.2, 0.25) is 5.88 Å². The predicted molar refractivity (Wildman–Crippen MR) is 112 cm³/mol. The normalized spacial score (nSPS) is 15.5. The monoisotopic (exact) mass is 499 g/mol. The van der Waals surface area contributed by atoms with Crippen LogP contribution in [-0.4, -0.2) is 71.3 Å². The van der Waals surface area contributed by atoms with E-state index in [0.29, 0.717) is 29.6 Å². The summed E-state index contributed by atoms with van der Waals surface area (Å²) in [5.74, 6) is 0.613. The van der Waals surface area contributed by atoms with Crippen molar-refractivity contribution >= 4 is 27.0 Å². The van der Waals surface area contributed by atoms with Gasteiger partial charge >= 0.3 is 12.3 Å². The molecule has 0 atom stereocenters. The number of carbonyl (C=O) groups is 1. The number of hydrogen-bond acceptors (Lipinski definition) is 8. The Morgan fingerprint density at radius 3 is 2.44 bits per heavy atom. The molecule has 1 amide bonds. The molecule has 0 bridgehead atoms. The Labute approximate surface area is 192 Å². The number of likely N-dealkylation sites (tertiary alicyclic amines) is 1. The van der Waals surface area contributed by atoms with Crippen LogP contribution in [0.25, 0.3) is 11.0 Å². The summed E-state index contributed by atoms with van der Waals surface area (Å²) < 4.78 is 71.8. The van der Waals surface area contributed by atoms with Crippen molar-refractivity contribution in [1.82, 2.24) is 24.6 Å². The Kier molecular flexibility index (Phi) is 6.34. The molecule has 1 aliphatic rings.